The van der Waals surface area contributed by atoms with Gasteiger partial charge < -0.3 is 18.9 Å². The highest BCUT2D eigenvalue weighted by Crippen LogP contribution is 2.37. The number of esters is 1. The van der Waals surface area contributed by atoms with Crippen LogP contribution in [0.2, 0.25) is 0 Å². The van der Waals surface area contributed by atoms with Gasteiger partial charge in [0.25, 0.3) is 0 Å². The molecule has 122 valence electrons. The number of carbonyl (C=O) groups excluding carboxylic acids is 1. The average molecular weight is 309 g/mol. The first-order chi connectivity index (χ1) is 10.7. The number of hydrogen-bond donors (Lipinski definition) is 0. The molecule has 0 unspecified atom stereocenters. The molecule has 0 aromatic heterocycles. The highest BCUT2D eigenvalue weighted by molar-refractivity contribution is 5.79. The molecular formula is C16H23NO5. The zero-order valence-electron chi connectivity index (χ0n) is 13.3. The second-order valence-corrected chi connectivity index (χ2v) is 4.99. The van der Waals surface area contributed by atoms with E-state index in [2.05, 4.69) is 4.90 Å². The van der Waals surface area contributed by atoms with Gasteiger partial charge in [0.2, 0.25) is 5.75 Å². The van der Waals surface area contributed by atoms with Crippen molar-refractivity contribution in [3.63, 3.8) is 0 Å². The van der Waals surface area contributed by atoms with Gasteiger partial charge in [-0.15, -0.1) is 0 Å². The minimum Gasteiger partial charge on any atom is -0.493 e. The van der Waals surface area contributed by atoms with Crippen molar-refractivity contribution in [2.45, 2.75) is 19.4 Å². The monoisotopic (exact) mass is 309 g/mol. The van der Waals surface area contributed by atoms with E-state index in [0.29, 0.717) is 36.9 Å². The molecule has 1 aliphatic rings. The molecule has 1 aromatic rings. The smallest absolute Gasteiger partial charge is 0.329 e. The van der Waals surface area contributed by atoms with Gasteiger partial charge in [-0.05, 0) is 18.6 Å². The van der Waals surface area contributed by atoms with E-state index < -0.39 is 0 Å². The molecule has 6 nitrogen and oxygen atoms in total. The van der Waals surface area contributed by atoms with Crippen LogP contribution >= 0.6 is 0 Å². The van der Waals surface area contributed by atoms with E-state index in [4.69, 9.17) is 18.9 Å². The Labute approximate surface area is 130 Å². The van der Waals surface area contributed by atoms with Gasteiger partial charge in [0.15, 0.2) is 11.5 Å². The van der Waals surface area contributed by atoms with Crippen molar-refractivity contribution in [1.82, 2.24) is 4.90 Å². The Balaban J connectivity index is 2.16. The number of methoxy groups -OCH3 is 2. The Morgan fingerprint density at radius 1 is 1.23 bits per heavy atom. The van der Waals surface area contributed by atoms with Crippen molar-refractivity contribution >= 4 is 5.97 Å². The van der Waals surface area contributed by atoms with E-state index in [-0.39, 0.29) is 12.0 Å². The lowest BCUT2D eigenvalue weighted by atomic mass is 10.2. The molecule has 0 bridgehead atoms. The molecule has 0 aliphatic carbocycles. The van der Waals surface area contributed by atoms with Crippen LogP contribution in [0.4, 0.5) is 0 Å². The van der Waals surface area contributed by atoms with Crippen LogP contribution in [0, 0.1) is 0 Å². The predicted molar refractivity (Wildman–Crippen MR) is 81.7 cm³/mol. The number of benzene rings is 1. The van der Waals surface area contributed by atoms with Crippen LogP contribution in [-0.2, 0) is 9.53 Å². The summed E-state index contributed by atoms with van der Waals surface area (Å²) in [5, 5.41) is 0. The third kappa shape index (κ3) is 3.69. The lowest BCUT2D eigenvalue weighted by Gasteiger charge is -2.32. The fraction of sp³-hybridized carbons (Fsp3) is 0.562. The average Bonchev–Trinajstić information content (AvgIpc) is 2.56. The summed E-state index contributed by atoms with van der Waals surface area (Å²) in [6, 6.07) is 4.97. The van der Waals surface area contributed by atoms with Gasteiger partial charge in [0, 0.05) is 13.1 Å². The maximum atomic E-state index is 12.6. The molecule has 0 amide bonds. The van der Waals surface area contributed by atoms with Crippen molar-refractivity contribution in [2.75, 3.05) is 40.5 Å². The Kier molecular flexibility index (Phi) is 6.03. The van der Waals surface area contributed by atoms with Gasteiger partial charge >= 0.3 is 5.97 Å². The van der Waals surface area contributed by atoms with Crippen LogP contribution < -0.4 is 14.2 Å². The summed E-state index contributed by atoms with van der Waals surface area (Å²) < 4.78 is 21.4. The summed E-state index contributed by atoms with van der Waals surface area (Å²) >= 11 is 0. The minimum absolute atomic E-state index is 0.293. The lowest BCUT2D eigenvalue weighted by Crippen LogP contribution is -2.48. The Hall–Kier alpha value is -1.79. The zero-order valence-corrected chi connectivity index (χ0v) is 13.3. The molecule has 1 aliphatic heterocycles. The summed E-state index contributed by atoms with van der Waals surface area (Å²) in [5.41, 5.74) is 0. The summed E-state index contributed by atoms with van der Waals surface area (Å²) in [7, 11) is 3.07. The summed E-state index contributed by atoms with van der Waals surface area (Å²) in [5.74, 6) is 0.977. The van der Waals surface area contributed by atoms with Gasteiger partial charge in [-0.3, -0.25) is 4.90 Å². The molecule has 1 atom stereocenters. The van der Waals surface area contributed by atoms with Gasteiger partial charge in [0.05, 0.1) is 27.4 Å². The number of morpholine rings is 1. The van der Waals surface area contributed by atoms with Crippen LogP contribution in [-0.4, -0.2) is 57.4 Å². The van der Waals surface area contributed by atoms with E-state index in [0.717, 1.165) is 13.1 Å². The molecule has 6 heteroatoms. The molecule has 1 saturated heterocycles. The van der Waals surface area contributed by atoms with Gasteiger partial charge in [-0.25, -0.2) is 4.79 Å². The molecule has 1 heterocycles. The van der Waals surface area contributed by atoms with Crippen molar-refractivity contribution < 1.29 is 23.7 Å². The largest absolute Gasteiger partial charge is 0.493 e. The van der Waals surface area contributed by atoms with E-state index in [1.807, 2.05) is 6.92 Å². The quantitative estimate of drug-likeness (QED) is 0.589. The van der Waals surface area contributed by atoms with Crippen LogP contribution in [0.15, 0.2) is 18.2 Å². The Morgan fingerprint density at radius 3 is 2.32 bits per heavy atom. The molecule has 1 aromatic carbocycles. The van der Waals surface area contributed by atoms with Gasteiger partial charge in [-0.2, -0.15) is 0 Å². The Bertz CT molecular complexity index is 477. The zero-order chi connectivity index (χ0) is 15.9. The fourth-order valence-electron chi connectivity index (χ4n) is 2.55. The standard InChI is InChI=1S/C16H23NO5/c1-4-12(17-8-10-21-11-9-17)16(18)22-15-13(19-2)6-5-7-14(15)20-3/h5-7,12H,4,8-11H2,1-3H3/t12-/m1/s1. The first kappa shape index (κ1) is 16.6. The van der Waals surface area contributed by atoms with Crippen LogP contribution in [0.25, 0.3) is 0 Å². The fourth-order valence-corrected chi connectivity index (χ4v) is 2.55. The molecule has 0 N–H and O–H groups in total. The van der Waals surface area contributed by atoms with Crippen molar-refractivity contribution in [1.29, 1.82) is 0 Å². The van der Waals surface area contributed by atoms with Crippen molar-refractivity contribution in [3.05, 3.63) is 18.2 Å². The maximum absolute atomic E-state index is 12.6. The van der Waals surface area contributed by atoms with Crippen LogP contribution in [0.3, 0.4) is 0 Å². The summed E-state index contributed by atoms with van der Waals surface area (Å²) in [6.07, 6.45) is 0.677. The number of hydrogen-bond acceptors (Lipinski definition) is 6. The molecule has 22 heavy (non-hydrogen) atoms. The van der Waals surface area contributed by atoms with Gasteiger partial charge in [-0.1, -0.05) is 13.0 Å². The summed E-state index contributed by atoms with van der Waals surface area (Å²) in [4.78, 5) is 14.7. The minimum atomic E-state index is -0.299. The second kappa shape index (κ2) is 8.00. The first-order valence-corrected chi connectivity index (χ1v) is 7.45. The number of nitrogens with zero attached hydrogens (tertiary/aromatic N) is 1. The lowest BCUT2D eigenvalue weighted by molar-refractivity contribution is -0.142. The van der Waals surface area contributed by atoms with Crippen LogP contribution in [0.5, 0.6) is 17.2 Å². The SMILES string of the molecule is CC[C@H](C(=O)Oc1c(OC)cccc1OC)N1CCOCC1. The molecule has 0 saturated carbocycles. The number of rotatable bonds is 6. The van der Waals surface area contributed by atoms with Crippen molar-refractivity contribution in [2.24, 2.45) is 0 Å². The second-order valence-electron chi connectivity index (χ2n) is 4.99. The van der Waals surface area contributed by atoms with E-state index in [9.17, 15) is 4.79 Å². The molecule has 0 spiro atoms. The maximum Gasteiger partial charge on any atom is 0.329 e. The van der Waals surface area contributed by atoms with Crippen LogP contribution in [0.1, 0.15) is 13.3 Å². The van der Waals surface area contributed by atoms with E-state index >= 15 is 0 Å². The third-order valence-electron chi connectivity index (χ3n) is 3.73. The van der Waals surface area contributed by atoms with Crippen molar-refractivity contribution in [3.8, 4) is 17.2 Å². The van der Waals surface area contributed by atoms with Gasteiger partial charge in [0.1, 0.15) is 6.04 Å². The number of para-hydroxylation sites is 1. The van der Waals surface area contributed by atoms with E-state index in [1.54, 1.807) is 18.2 Å². The van der Waals surface area contributed by atoms with E-state index in [1.165, 1.54) is 14.2 Å². The number of carbonyl (C=O) groups is 1. The normalized spacial score (nSPS) is 16.9. The molecule has 0 radical (unpaired) electrons. The Morgan fingerprint density at radius 2 is 1.82 bits per heavy atom. The molecular weight excluding hydrogens is 286 g/mol. The highest BCUT2D eigenvalue weighted by Gasteiger charge is 2.29. The molecule has 2 rings (SSSR count). The number of ether oxygens (including phenoxy) is 4. The predicted octanol–water partition coefficient (Wildman–Crippen LogP) is 1.72. The first-order valence-electron chi connectivity index (χ1n) is 7.45. The highest BCUT2D eigenvalue weighted by atomic mass is 16.6. The molecule has 1 fully saturated rings. The third-order valence-corrected chi connectivity index (χ3v) is 3.73. The topological polar surface area (TPSA) is 57.2 Å². The summed E-state index contributed by atoms with van der Waals surface area (Å²) in [6.45, 7) is 4.72.